The fourth-order valence-corrected chi connectivity index (χ4v) is 2.87. The third kappa shape index (κ3) is 4.49. The molecule has 1 aromatic carbocycles. The minimum atomic E-state index is -0.225. The molecule has 1 saturated heterocycles. The van der Waals surface area contributed by atoms with Crippen molar-refractivity contribution in [3.8, 4) is 5.75 Å². The first kappa shape index (κ1) is 18.1. The molecule has 0 spiro atoms. The molecule has 1 aromatic heterocycles. The lowest BCUT2D eigenvalue weighted by atomic mass is 10.2. The maximum atomic E-state index is 12.4. The Kier molecular flexibility index (Phi) is 6.01. The molecular weight excluding hydrogens is 330 g/mol. The zero-order valence-corrected chi connectivity index (χ0v) is 15.3. The van der Waals surface area contributed by atoms with E-state index in [-0.39, 0.29) is 5.91 Å². The van der Waals surface area contributed by atoms with E-state index in [4.69, 9.17) is 4.74 Å². The van der Waals surface area contributed by atoms with E-state index >= 15 is 0 Å². The van der Waals surface area contributed by atoms with Gasteiger partial charge in [-0.05, 0) is 37.7 Å². The summed E-state index contributed by atoms with van der Waals surface area (Å²) in [7, 11) is 0. The highest BCUT2D eigenvalue weighted by atomic mass is 16.5. The first-order valence-electron chi connectivity index (χ1n) is 9.03. The van der Waals surface area contributed by atoms with Gasteiger partial charge >= 0.3 is 0 Å². The lowest BCUT2D eigenvalue weighted by Gasteiger charge is -2.33. The number of hydrogen-bond donors (Lipinski definition) is 1. The minimum absolute atomic E-state index is 0.225. The first-order valence-corrected chi connectivity index (χ1v) is 9.03. The summed E-state index contributed by atoms with van der Waals surface area (Å²) in [5.74, 6) is 1.23. The van der Waals surface area contributed by atoms with Gasteiger partial charge in [0.25, 0.3) is 5.91 Å². The molecule has 138 valence electrons. The molecule has 1 aliphatic heterocycles. The third-order valence-corrected chi connectivity index (χ3v) is 4.43. The Hall–Kier alpha value is -2.67. The highest BCUT2D eigenvalue weighted by Crippen LogP contribution is 2.17. The summed E-state index contributed by atoms with van der Waals surface area (Å²) < 4.78 is 5.39. The van der Waals surface area contributed by atoms with Crippen molar-refractivity contribution in [1.82, 2.24) is 14.9 Å². The Morgan fingerprint density at radius 3 is 2.31 bits per heavy atom. The molecule has 0 aliphatic carbocycles. The van der Waals surface area contributed by atoms with Crippen molar-refractivity contribution >= 4 is 17.5 Å². The number of hydrogen-bond acceptors (Lipinski definition) is 6. The lowest BCUT2D eigenvalue weighted by molar-refractivity contribution is 0.102. The van der Waals surface area contributed by atoms with Gasteiger partial charge in [0.1, 0.15) is 5.75 Å². The number of carbonyl (C=O) groups is 1. The maximum Gasteiger partial charge on any atom is 0.258 e. The van der Waals surface area contributed by atoms with Crippen LogP contribution < -0.4 is 15.0 Å². The van der Waals surface area contributed by atoms with Crippen LogP contribution in [0.2, 0.25) is 0 Å². The summed E-state index contributed by atoms with van der Waals surface area (Å²) >= 11 is 0. The van der Waals surface area contributed by atoms with Crippen LogP contribution in [0, 0.1) is 0 Å². The summed E-state index contributed by atoms with van der Waals surface area (Å²) in [5, 5.41) is 2.85. The number of piperazine rings is 1. The van der Waals surface area contributed by atoms with Crippen LogP contribution >= 0.6 is 0 Å². The van der Waals surface area contributed by atoms with E-state index in [1.807, 2.05) is 31.2 Å². The van der Waals surface area contributed by atoms with Crippen molar-refractivity contribution < 1.29 is 9.53 Å². The van der Waals surface area contributed by atoms with E-state index in [0.29, 0.717) is 23.8 Å². The Balaban J connectivity index is 1.58. The van der Waals surface area contributed by atoms with Crippen molar-refractivity contribution in [3.05, 3.63) is 42.2 Å². The van der Waals surface area contributed by atoms with Crippen LogP contribution in [0.15, 0.2) is 36.7 Å². The molecule has 1 aliphatic rings. The summed E-state index contributed by atoms with van der Waals surface area (Å²) in [6.45, 7) is 9.63. The number of nitrogens with one attached hydrogen (secondary N) is 1. The highest BCUT2D eigenvalue weighted by molar-refractivity contribution is 6.03. The molecule has 3 rings (SSSR count). The largest absolute Gasteiger partial charge is 0.494 e. The van der Waals surface area contributed by atoms with Gasteiger partial charge in [0.2, 0.25) is 5.95 Å². The predicted octanol–water partition coefficient (Wildman–Crippen LogP) is 2.27. The minimum Gasteiger partial charge on any atom is -0.494 e. The highest BCUT2D eigenvalue weighted by Gasteiger charge is 2.18. The Bertz CT molecular complexity index is 710. The number of amides is 1. The zero-order chi connectivity index (χ0) is 18.4. The number of nitrogens with zero attached hydrogens (tertiary/aromatic N) is 4. The normalized spacial score (nSPS) is 14.9. The quantitative estimate of drug-likeness (QED) is 0.857. The fraction of sp³-hybridized carbons (Fsp3) is 0.421. The molecule has 1 fully saturated rings. The Morgan fingerprint density at radius 2 is 1.73 bits per heavy atom. The van der Waals surface area contributed by atoms with Crippen LogP contribution in [0.3, 0.4) is 0 Å². The van der Waals surface area contributed by atoms with Gasteiger partial charge in [-0.15, -0.1) is 0 Å². The van der Waals surface area contributed by atoms with Gasteiger partial charge in [-0.25, -0.2) is 9.97 Å². The molecular formula is C19H25N5O2. The molecule has 7 nitrogen and oxygen atoms in total. The topological polar surface area (TPSA) is 70.6 Å². The van der Waals surface area contributed by atoms with Crippen LogP contribution in [0.1, 0.15) is 24.2 Å². The molecule has 2 heterocycles. The smallest absolute Gasteiger partial charge is 0.258 e. The Morgan fingerprint density at radius 1 is 1.08 bits per heavy atom. The van der Waals surface area contributed by atoms with Crippen molar-refractivity contribution in [3.63, 3.8) is 0 Å². The predicted molar refractivity (Wildman–Crippen MR) is 102 cm³/mol. The van der Waals surface area contributed by atoms with Crippen LogP contribution in [-0.2, 0) is 0 Å². The number of likely N-dealkylation sites (N-methyl/N-ethyl adjacent to an activating group) is 1. The van der Waals surface area contributed by atoms with E-state index < -0.39 is 0 Å². The third-order valence-electron chi connectivity index (χ3n) is 4.43. The zero-order valence-electron chi connectivity index (χ0n) is 15.3. The van der Waals surface area contributed by atoms with E-state index in [9.17, 15) is 4.79 Å². The molecule has 0 atom stereocenters. The van der Waals surface area contributed by atoms with Crippen LogP contribution in [0.4, 0.5) is 11.6 Å². The first-order chi connectivity index (χ1) is 12.7. The number of anilines is 2. The molecule has 0 bridgehead atoms. The molecule has 1 N–H and O–H groups in total. The van der Waals surface area contributed by atoms with E-state index in [0.717, 1.165) is 38.5 Å². The standard InChI is InChI=1S/C19H25N5O2/c1-3-23-9-11-24(12-10-23)19-20-13-15(14-21-19)18(25)22-16-5-7-17(8-6-16)26-4-2/h5-8,13-14H,3-4,9-12H2,1-2H3,(H,22,25). The van der Waals surface area contributed by atoms with Crippen molar-refractivity contribution in [2.24, 2.45) is 0 Å². The van der Waals surface area contributed by atoms with E-state index in [1.165, 1.54) is 0 Å². The molecule has 0 saturated carbocycles. The van der Waals surface area contributed by atoms with Gasteiger partial charge in [0.15, 0.2) is 0 Å². The van der Waals surface area contributed by atoms with Crippen molar-refractivity contribution in [1.29, 1.82) is 0 Å². The molecule has 0 radical (unpaired) electrons. The molecule has 0 unspecified atom stereocenters. The summed E-state index contributed by atoms with van der Waals surface area (Å²) in [6, 6.07) is 7.28. The van der Waals surface area contributed by atoms with Gasteiger partial charge in [0, 0.05) is 44.3 Å². The summed E-state index contributed by atoms with van der Waals surface area (Å²) in [4.78, 5) is 25.6. The number of carbonyl (C=O) groups excluding carboxylic acids is 1. The van der Waals surface area contributed by atoms with Crippen LogP contribution in [0.25, 0.3) is 0 Å². The maximum absolute atomic E-state index is 12.4. The molecule has 7 heteroatoms. The monoisotopic (exact) mass is 355 g/mol. The van der Waals surface area contributed by atoms with Crippen LogP contribution in [-0.4, -0.2) is 60.1 Å². The van der Waals surface area contributed by atoms with Gasteiger partial charge in [-0.3, -0.25) is 4.79 Å². The lowest BCUT2D eigenvalue weighted by Crippen LogP contribution is -2.46. The van der Waals surface area contributed by atoms with E-state index in [1.54, 1.807) is 12.4 Å². The van der Waals surface area contributed by atoms with Crippen molar-refractivity contribution in [2.75, 3.05) is 49.5 Å². The second-order valence-corrected chi connectivity index (χ2v) is 6.10. The molecule has 2 aromatic rings. The molecule has 26 heavy (non-hydrogen) atoms. The molecule has 1 amide bonds. The average molecular weight is 355 g/mol. The number of benzene rings is 1. The number of aromatic nitrogens is 2. The van der Waals surface area contributed by atoms with Gasteiger partial charge < -0.3 is 19.9 Å². The summed E-state index contributed by atoms with van der Waals surface area (Å²) in [6.07, 6.45) is 3.16. The van der Waals surface area contributed by atoms with Gasteiger partial charge in [0.05, 0.1) is 12.2 Å². The average Bonchev–Trinajstić information content (AvgIpc) is 2.70. The second-order valence-electron chi connectivity index (χ2n) is 6.10. The number of rotatable bonds is 6. The van der Waals surface area contributed by atoms with E-state index in [2.05, 4.69) is 32.0 Å². The van der Waals surface area contributed by atoms with Crippen molar-refractivity contribution in [2.45, 2.75) is 13.8 Å². The number of ether oxygens (including phenoxy) is 1. The SMILES string of the molecule is CCOc1ccc(NC(=O)c2cnc(N3CCN(CC)CC3)nc2)cc1. The second kappa shape index (κ2) is 8.62. The van der Waals surface area contributed by atoms with Gasteiger partial charge in [-0.1, -0.05) is 6.92 Å². The summed E-state index contributed by atoms with van der Waals surface area (Å²) in [5.41, 5.74) is 1.15. The van der Waals surface area contributed by atoms with Crippen LogP contribution in [0.5, 0.6) is 5.75 Å². The Labute approximate surface area is 154 Å². The van der Waals surface area contributed by atoms with Gasteiger partial charge in [-0.2, -0.15) is 0 Å². The fourth-order valence-electron chi connectivity index (χ4n) is 2.87.